The molecular formula is C14H13BrFNO. The molecule has 0 heterocycles. The lowest BCUT2D eigenvalue weighted by Gasteiger charge is -2.18. The van der Waals surface area contributed by atoms with Crippen LogP contribution in [0.2, 0.25) is 0 Å². The van der Waals surface area contributed by atoms with Crippen molar-refractivity contribution in [2.45, 2.75) is 13.0 Å². The normalized spacial score (nSPS) is 12.2. The molecule has 0 amide bonds. The van der Waals surface area contributed by atoms with Gasteiger partial charge in [-0.1, -0.05) is 24.3 Å². The predicted octanol–water partition coefficient (Wildman–Crippen LogP) is 4.47. The molecule has 2 aromatic carbocycles. The molecule has 0 aliphatic rings. The minimum absolute atomic E-state index is 0.195. The van der Waals surface area contributed by atoms with Crippen LogP contribution in [-0.2, 0) is 0 Å². The topological polar surface area (TPSA) is 32.3 Å². The third kappa shape index (κ3) is 2.64. The molecule has 1 atom stereocenters. The van der Waals surface area contributed by atoms with Crippen LogP contribution in [0, 0.1) is 5.82 Å². The van der Waals surface area contributed by atoms with Gasteiger partial charge in [0.25, 0.3) is 0 Å². The summed E-state index contributed by atoms with van der Waals surface area (Å²) in [6.45, 7) is 1.87. The second-order valence-corrected chi connectivity index (χ2v) is 4.88. The van der Waals surface area contributed by atoms with E-state index in [4.69, 9.17) is 0 Å². The van der Waals surface area contributed by atoms with Crippen LogP contribution in [0.1, 0.15) is 18.5 Å². The zero-order valence-electron chi connectivity index (χ0n) is 9.82. The number of benzene rings is 2. The number of phenols is 1. The zero-order valence-corrected chi connectivity index (χ0v) is 11.4. The smallest absolute Gasteiger partial charge is 0.147 e. The first-order valence-electron chi connectivity index (χ1n) is 5.58. The fraction of sp³-hybridized carbons (Fsp3) is 0.143. The summed E-state index contributed by atoms with van der Waals surface area (Å²) in [4.78, 5) is 0. The van der Waals surface area contributed by atoms with E-state index in [0.29, 0.717) is 10.2 Å². The molecule has 1 unspecified atom stereocenters. The van der Waals surface area contributed by atoms with Crippen molar-refractivity contribution < 1.29 is 9.50 Å². The van der Waals surface area contributed by atoms with Crippen molar-refractivity contribution in [1.29, 1.82) is 0 Å². The Kier molecular flexibility index (Phi) is 3.87. The van der Waals surface area contributed by atoms with E-state index in [0.717, 1.165) is 5.56 Å². The average Bonchev–Trinajstić information content (AvgIpc) is 2.34. The van der Waals surface area contributed by atoms with Gasteiger partial charge >= 0.3 is 0 Å². The van der Waals surface area contributed by atoms with Crippen LogP contribution >= 0.6 is 15.9 Å². The van der Waals surface area contributed by atoms with Crippen molar-refractivity contribution in [3.05, 3.63) is 58.3 Å². The summed E-state index contributed by atoms with van der Waals surface area (Å²) in [7, 11) is 0. The fourth-order valence-corrected chi connectivity index (χ4v) is 2.24. The number of nitrogens with one attached hydrogen (secondary N) is 1. The van der Waals surface area contributed by atoms with Crippen LogP contribution in [0.25, 0.3) is 0 Å². The summed E-state index contributed by atoms with van der Waals surface area (Å²) in [5.74, 6) is -0.128. The van der Waals surface area contributed by atoms with Crippen LogP contribution < -0.4 is 5.32 Å². The highest BCUT2D eigenvalue weighted by molar-refractivity contribution is 9.10. The van der Waals surface area contributed by atoms with Crippen LogP contribution in [0.5, 0.6) is 5.75 Å². The molecule has 0 radical (unpaired) electrons. The molecule has 0 spiro atoms. The number of para-hydroxylation sites is 2. The molecule has 0 saturated carbocycles. The molecule has 0 bridgehead atoms. The van der Waals surface area contributed by atoms with Gasteiger partial charge in [0.2, 0.25) is 0 Å². The summed E-state index contributed by atoms with van der Waals surface area (Å²) < 4.78 is 14.3. The lowest BCUT2D eigenvalue weighted by atomic mass is 10.1. The maximum Gasteiger partial charge on any atom is 0.147 e. The van der Waals surface area contributed by atoms with Gasteiger partial charge in [-0.25, -0.2) is 4.39 Å². The average molecular weight is 310 g/mol. The van der Waals surface area contributed by atoms with Crippen LogP contribution in [-0.4, -0.2) is 5.11 Å². The SMILES string of the molecule is CC(Nc1c(F)cccc1Br)c1ccccc1O. The van der Waals surface area contributed by atoms with Gasteiger partial charge in [0, 0.05) is 10.0 Å². The van der Waals surface area contributed by atoms with E-state index in [2.05, 4.69) is 21.2 Å². The standard InChI is InChI=1S/C14H13BrFNO/c1-9(10-5-2-3-8-13(10)18)17-14-11(15)6-4-7-12(14)16/h2-9,17-18H,1H3. The number of aromatic hydroxyl groups is 1. The summed E-state index contributed by atoms with van der Waals surface area (Å²) in [5, 5.41) is 12.8. The number of hydrogen-bond donors (Lipinski definition) is 2. The Labute approximate surface area is 114 Å². The molecule has 0 saturated heterocycles. The Bertz CT molecular complexity index is 539. The summed E-state index contributed by atoms with van der Waals surface area (Å²) in [6, 6.07) is 11.6. The van der Waals surface area contributed by atoms with Crippen molar-refractivity contribution in [1.82, 2.24) is 0 Å². The first kappa shape index (κ1) is 12.9. The summed E-state index contributed by atoms with van der Waals surface area (Å²) >= 11 is 3.30. The second kappa shape index (κ2) is 5.40. The van der Waals surface area contributed by atoms with Crippen LogP contribution in [0.15, 0.2) is 46.9 Å². The van der Waals surface area contributed by atoms with E-state index in [1.807, 2.05) is 19.1 Å². The number of phenolic OH excluding ortho intramolecular Hbond substituents is 1. The number of anilines is 1. The minimum atomic E-state index is -0.327. The van der Waals surface area contributed by atoms with Gasteiger partial charge in [-0.15, -0.1) is 0 Å². The van der Waals surface area contributed by atoms with E-state index in [1.165, 1.54) is 6.07 Å². The third-order valence-corrected chi connectivity index (χ3v) is 3.39. The Morgan fingerprint density at radius 3 is 2.56 bits per heavy atom. The fourth-order valence-electron chi connectivity index (χ4n) is 1.78. The van der Waals surface area contributed by atoms with Crippen molar-refractivity contribution in [2.24, 2.45) is 0 Å². The van der Waals surface area contributed by atoms with E-state index < -0.39 is 0 Å². The highest BCUT2D eigenvalue weighted by Gasteiger charge is 2.13. The van der Waals surface area contributed by atoms with Gasteiger partial charge < -0.3 is 10.4 Å². The summed E-state index contributed by atoms with van der Waals surface area (Å²) in [6.07, 6.45) is 0. The molecule has 0 aliphatic carbocycles. The van der Waals surface area contributed by atoms with Gasteiger partial charge in [0.05, 0.1) is 11.7 Å². The zero-order chi connectivity index (χ0) is 13.1. The highest BCUT2D eigenvalue weighted by Crippen LogP contribution is 2.31. The van der Waals surface area contributed by atoms with Crippen LogP contribution in [0.4, 0.5) is 10.1 Å². The van der Waals surface area contributed by atoms with Crippen molar-refractivity contribution in [2.75, 3.05) is 5.32 Å². The lowest BCUT2D eigenvalue weighted by Crippen LogP contribution is -2.08. The molecule has 0 fully saturated rings. The summed E-state index contributed by atoms with van der Waals surface area (Å²) in [5.41, 5.74) is 1.13. The van der Waals surface area contributed by atoms with Crippen molar-refractivity contribution in [3.8, 4) is 5.75 Å². The highest BCUT2D eigenvalue weighted by atomic mass is 79.9. The third-order valence-electron chi connectivity index (χ3n) is 2.73. The molecule has 2 rings (SSSR count). The molecule has 2 N–H and O–H groups in total. The largest absolute Gasteiger partial charge is 0.508 e. The van der Waals surface area contributed by atoms with E-state index in [-0.39, 0.29) is 17.6 Å². The van der Waals surface area contributed by atoms with E-state index >= 15 is 0 Å². The Morgan fingerprint density at radius 1 is 1.17 bits per heavy atom. The minimum Gasteiger partial charge on any atom is -0.508 e. The first-order valence-corrected chi connectivity index (χ1v) is 6.37. The number of rotatable bonds is 3. The molecule has 2 aromatic rings. The maximum atomic E-state index is 13.7. The monoisotopic (exact) mass is 309 g/mol. The number of halogens is 2. The first-order chi connectivity index (χ1) is 8.59. The Morgan fingerprint density at radius 2 is 1.89 bits per heavy atom. The van der Waals surface area contributed by atoms with Crippen molar-refractivity contribution >= 4 is 21.6 Å². The molecule has 4 heteroatoms. The molecule has 0 aromatic heterocycles. The maximum absolute atomic E-state index is 13.7. The molecule has 0 aliphatic heterocycles. The van der Waals surface area contributed by atoms with Crippen molar-refractivity contribution in [3.63, 3.8) is 0 Å². The van der Waals surface area contributed by atoms with Gasteiger partial charge in [-0.3, -0.25) is 0 Å². The van der Waals surface area contributed by atoms with E-state index in [9.17, 15) is 9.50 Å². The van der Waals surface area contributed by atoms with Crippen LogP contribution in [0.3, 0.4) is 0 Å². The van der Waals surface area contributed by atoms with Gasteiger partial charge in [0.15, 0.2) is 0 Å². The predicted molar refractivity (Wildman–Crippen MR) is 74.2 cm³/mol. The van der Waals surface area contributed by atoms with E-state index in [1.54, 1.807) is 24.3 Å². The quantitative estimate of drug-likeness (QED) is 0.877. The molecular weight excluding hydrogens is 297 g/mol. The Hall–Kier alpha value is -1.55. The van der Waals surface area contributed by atoms with Gasteiger partial charge in [-0.2, -0.15) is 0 Å². The lowest BCUT2D eigenvalue weighted by molar-refractivity contribution is 0.465. The molecule has 18 heavy (non-hydrogen) atoms. The van der Waals surface area contributed by atoms with Gasteiger partial charge in [0.1, 0.15) is 11.6 Å². The second-order valence-electron chi connectivity index (χ2n) is 4.02. The Balaban J connectivity index is 2.27. The van der Waals surface area contributed by atoms with Gasteiger partial charge in [-0.05, 0) is 41.1 Å². The number of hydrogen-bond acceptors (Lipinski definition) is 2. The molecule has 94 valence electrons. The molecule has 2 nitrogen and oxygen atoms in total.